The van der Waals surface area contributed by atoms with Crippen molar-refractivity contribution in [2.24, 2.45) is 0 Å². The van der Waals surface area contributed by atoms with Gasteiger partial charge >= 0.3 is 0 Å². The van der Waals surface area contributed by atoms with E-state index in [2.05, 4.69) is 32.6 Å². The molecule has 0 atom stereocenters. The summed E-state index contributed by atoms with van der Waals surface area (Å²) in [6, 6.07) is 22.0. The molecule has 0 radical (unpaired) electrons. The van der Waals surface area contributed by atoms with Crippen LogP contribution >= 0.6 is 11.8 Å². The molecule has 0 bridgehead atoms. The zero-order valence-electron chi connectivity index (χ0n) is 14.8. The van der Waals surface area contributed by atoms with E-state index in [0.29, 0.717) is 5.95 Å². The van der Waals surface area contributed by atoms with Crippen LogP contribution in [-0.2, 0) is 5.75 Å². The van der Waals surface area contributed by atoms with Gasteiger partial charge in [-0.3, -0.25) is 0 Å². The Morgan fingerprint density at radius 1 is 0.963 bits per heavy atom. The van der Waals surface area contributed by atoms with Gasteiger partial charge in [-0.05, 0) is 30.7 Å². The Bertz CT molecular complexity index is 1020. The van der Waals surface area contributed by atoms with Gasteiger partial charge < -0.3 is 9.84 Å². The Kier molecular flexibility index (Phi) is 5.16. The van der Waals surface area contributed by atoms with Gasteiger partial charge in [-0.25, -0.2) is 9.97 Å². The largest absolute Gasteiger partial charge is 0.360 e. The molecule has 2 heterocycles. The zero-order valence-corrected chi connectivity index (χ0v) is 15.6. The number of aryl methyl sites for hydroxylation is 1. The lowest BCUT2D eigenvalue weighted by molar-refractivity contribution is 0.384. The minimum atomic E-state index is 0.540. The van der Waals surface area contributed by atoms with Gasteiger partial charge in [-0.2, -0.15) is 0 Å². The van der Waals surface area contributed by atoms with Crippen molar-refractivity contribution >= 4 is 23.4 Å². The third-order valence-electron chi connectivity index (χ3n) is 3.99. The molecule has 134 valence electrons. The minimum Gasteiger partial charge on any atom is -0.360 e. The molecule has 6 heteroatoms. The van der Waals surface area contributed by atoms with E-state index in [1.165, 1.54) is 5.56 Å². The van der Waals surface area contributed by atoms with E-state index >= 15 is 0 Å². The number of aromatic nitrogens is 3. The predicted octanol–water partition coefficient (Wildman–Crippen LogP) is 5.48. The first kappa shape index (κ1) is 17.3. The van der Waals surface area contributed by atoms with E-state index in [9.17, 15) is 0 Å². The van der Waals surface area contributed by atoms with Crippen LogP contribution in [0.15, 0.2) is 82.5 Å². The van der Waals surface area contributed by atoms with Gasteiger partial charge in [0.05, 0.1) is 11.3 Å². The quantitative estimate of drug-likeness (QED) is 0.451. The molecule has 0 fully saturated rings. The van der Waals surface area contributed by atoms with Crippen molar-refractivity contribution in [3.63, 3.8) is 0 Å². The fraction of sp³-hybridized carbons (Fsp3) is 0.0952. The van der Waals surface area contributed by atoms with Crippen LogP contribution in [0.1, 0.15) is 11.3 Å². The predicted molar refractivity (Wildman–Crippen MR) is 108 cm³/mol. The lowest BCUT2D eigenvalue weighted by Crippen LogP contribution is -1.98. The summed E-state index contributed by atoms with van der Waals surface area (Å²) in [6.45, 7) is 1.90. The van der Waals surface area contributed by atoms with E-state index in [4.69, 9.17) is 4.52 Å². The van der Waals surface area contributed by atoms with E-state index in [0.717, 1.165) is 33.5 Å². The number of hydrogen-bond donors (Lipinski definition) is 1. The molecule has 0 aliphatic rings. The normalized spacial score (nSPS) is 10.7. The van der Waals surface area contributed by atoms with Crippen LogP contribution in [0.25, 0.3) is 11.3 Å². The van der Waals surface area contributed by atoms with Crippen molar-refractivity contribution in [2.75, 3.05) is 5.32 Å². The van der Waals surface area contributed by atoms with Crippen LogP contribution in [0.2, 0.25) is 0 Å². The average Bonchev–Trinajstić information content (AvgIpc) is 3.09. The van der Waals surface area contributed by atoms with Gasteiger partial charge in [-0.15, -0.1) is 0 Å². The van der Waals surface area contributed by atoms with Crippen LogP contribution in [0, 0.1) is 6.92 Å². The Labute approximate surface area is 161 Å². The lowest BCUT2D eigenvalue weighted by Gasteiger charge is -2.07. The first-order valence-corrected chi connectivity index (χ1v) is 9.56. The number of rotatable bonds is 6. The molecule has 2 aromatic heterocycles. The fourth-order valence-corrected chi connectivity index (χ4v) is 3.65. The van der Waals surface area contributed by atoms with Gasteiger partial charge in [0.25, 0.3) is 0 Å². The van der Waals surface area contributed by atoms with Crippen LogP contribution in [-0.4, -0.2) is 15.1 Å². The summed E-state index contributed by atoms with van der Waals surface area (Å²) in [5.74, 6) is 2.10. The standard InChI is InChI=1S/C21H18N4OS/c1-15-19(20(25-26-15)27-14-16-8-4-2-5-9-16)18-12-13-22-21(24-18)23-17-10-6-3-7-11-17/h2-13H,14H2,1H3,(H,22,23,24). The van der Waals surface area contributed by atoms with Crippen molar-refractivity contribution in [1.82, 2.24) is 15.1 Å². The highest BCUT2D eigenvalue weighted by molar-refractivity contribution is 7.98. The second-order valence-electron chi connectivity index (χ2n) is 5.95. The number of para-hydroxylation sites is 1. The number of hydrogen-bond acceptors (Lipinski definition) is 6. The summed E-state index contributed by atoms with van der Waals surface area (Å²) in [7, 11) is 0. The van der Waals surface area contributed by atoms with E-state index in [1.54, 1.807) is 18.0 Å². The van der Waals surface area contributed by atoms with E-state index in [1.807, 2.05) is 61.5 Å². The van der Waals surface area contributed by atoms with Crippen molar-refractivity contribution in [3.8, 4) is 11.3 Å². The molecule has 0 saturated heterocycles. The summed E-state index contributed by atoms with van der Waals surface area (Å²) >= 11 is 1.64. The second-order valence-corrected chi connectivity index (χ2v) is 6.91. The number of nitrogens with zero attached hydrogens (tertiary/aromatic N) is 3. The maximum absolute atomic E-state index is 5.44. The third kappa shape index (κ3) is 4.17. The molecule has 0 saturated carbocycles. The maximum atomic E-state index is 5.44. The van der Waals surface area contributed by atoms with Gasteiger partial charge in [-0.1, -0.05) is 65.4 Å². The average molecular weight is 374 g/mol. The lowest BCUT2D eigenvalue weighted by atomic mass is 10.2. The summed E-state index contributed by atoms with van der Waals surface area (Å²) in [5, 5.41) is 8.28. The van der Waals surface area contributed by atoms with E-state index in [-0.39, 0.29) is 0 Å². The van der Waals surface area contributed by atoms with Gasteiger partial charge in [0.1, 0.15) is 10.8 Å². The Balaban J connectivity index is 1.58. The number of thioether (sulfide) groups is 1. The second kappa shape index (κ2) is 8.05. The summed E-state index contributed by atoms with van der Waals surface area (Å²) in [5.41, 5.74) is 3.88. The Morgan fingerprint density at radius 2 is 1.70 bits per heavy atom. The van der Waals surface area contributed by atoms with Gasteiger partial charge in [0, 0.05) is 17.6 Å². The zero-order chi connectivity index (χ0) is 18.5. The molecular weight excluding hydrogens is 356 g/mol. The molecule has 0 spiro atoms. The number of anilines is 2. The first-order valence-electron chi connectivity index (χ1n) is 8.58. The molecule has 0 aliphatic heterocycles. The molecule has 0 aliphatic carbocycles. The van der Waals surface area contributed by atoms with E-state index < -0.39 is 0 Å². The maximum Gasteiger partial charge on any atom is 0.227 e. The number of nitrogens with one attached hydrogen (secondary N) is 1. The SMILES string of the molecule is Cc1onc(SCc2ccccc2)c1-c1ccnc(Nc2ccccc2)n1. The number of benzene rings is 2. The topological polar surface area (TPSA) is 63.8 Å². The van der Waals surface area contributed by atoms with Crippen LogP contribution in [0.4, 0.5) is 11.6 Å². The van der Waals surface area contributed by atoms with Crippen LogP contribution in [0.5, 0.6) is 0 Å². The van der Waals surface area contributed by atoms with Crippen LogP contribution in [0.3, 0.4) is 0 Å². The summed E-state index contributed by atoms with van der Waals surface area (Å²) < 4.78 is 5.44. The molecule has 5 nitrogen and oxygen atoms in total. The minimum absolute atomic E-state index is 0.540. The molecule has 27 heavy (non-hydrogen) atoms. The fourth-order valence-electron chi connectivity index (χ4n) is 2.67. The highest BCUT2D eigenvalue weighted by Crippen LogP contribution is 2.34. The van der Waals surface area contributed by atoms with Crippen molar-refractivity contribution in [2.45, 2.75) is 17.7 Å². The molecule has 1 N–H and O–H groups in total. The van der Waals surface area contributed by atoms with Gasteiger partial charge in [0.15, 0.2) is 0 Å². The van der Waals surface area contributed by atoms with Crippen molar-refractivity contribution < 1.29 is 4.52 Å². The van der Waals surface area contributed by atoms with Crippen molar-refractivity contribution in [1.29, 1.82) is 0 Å². The monoisotopic (exact) mass is 374 g/mol. The summed E-state index contributed by atoms with van der Waals surface area (Å²) in [4.78, 5) is 8.97. The molecular formula is C21H18N4OS. The molecule has 0 amide bonds. The highest BCUT2D eigenvalue weighted by Gasteiger charge is 2.17. The van der Waals surface area contributed by atoms with Crippen LogP contribution < -0.4 is 5.32 Å². The molecule has 4 rings (SSSR count). The van der Waals surface area contributed by atoms with Gasteiger partial charge in [0.2, 0.25) is 5.95 Å². The first-order chi connectivity index (χ1) is 13.3. The third-order valence-corrected chi connectivity index (χ3v) is 5.02. The van der Waals surface area contributed by atoms with Crippen molar-refractivity contribution in [3.05, 3.63) is 84.3 Å². The molecule has 2 aromatic carbocycles. The molecule has 0 unspecified atom stereocenters. The molecule has 4 aromatic rings. The summed E-state index contributed by atoms with van der Waals surface area (Å²) in [6.07, 6.45) is 1.74. The Hall–Kier alpha value is -3.12. The highest BCUT2D eigenvalue weighted by atomic mass is 32.2. The Morgan fingerprint density at radius 3 is 2.48 bits per heavy atom. The smallest absolute Gasteiger partial charge is 0.227 e.